The van der Waals surface area contributed by atoms with Crippen LogP contribution in [0.15, 0.2) is 35.0 Å². The first-order valence-corrected chi connectivity index (χ1v) is 5.33. The van der Waals surface area contributed by atoms with Crippen molar-refractivity contribution in [1.82, 2.24) is 5.16 Å². The minimum Gasteiger partial charge on any atom is -0.507 e. The Morgan fingerprint density at radius 2 is 2.00 bits per heavy atom. The molecule has 2 unspecified atom stereocenters. The van der Waals surface area contributed by atoms with E-state index in [1.165, 1.54) is 30.5 Å². The van der Waals surface area contributed by atoms with Crippen LogP contribution in [0.1, 0.15) is 11.7 Å². The Morgan fingerprint density at radius 1 is 1.26 bits per heavy atom. The van der Waals surface area contributed by atoms with Crippen molar-refractivity contribution in [1.29, 1.82) is 0 Å². The molecular formula is C12H11NO6. The van der Waals surface area contributed by atoms with Crippen LogP contribution < -0.4 is 0 Å². The van der Waals surface area contributed by atoms with Crippen LogP contribution >= 0.6 is 0 Å². The van der Waals surface area contributed by atoms with Gasteiger partial charge in [0.15, 0.2) is 11.9 Å². The second kappa shape index (κ2) is 5.09. The van der Waals surface area contributed by atoms with Gasteiger partial charge >= 0.3 is 5.97 Å². The van der Waals surface area contributed by atoms with Crippen molar-refractivity contribution >= 4 is 5.97 Å². The summed E-state index contributed by atoms with van der Waals surface area (Å²) in [4.78, 5) is 10.6. The first-order chi connectivity index (χ1) is 9.00. The van der Waals surface area contributed by atoms with Crippen LogP contribution in [0.2, 0.25) is 0 Å². The fraction of sp³-hybridized carbons (Fsp3) is 0.167. The van der Waals surface area contributed by atoms with E-state index in [2.05, 4.69) is 5.16 Å². The number of aliphatic hydroxyl groups excluding tert-OH is 2. The molecule has 0 aliphatic heterocycles. The molecular weight excluding hydrogens is 254 g/mol. The topological polar surface area (TPSA) is 124 Å². The molecule has 100 valence electrons. The Kier molecular flexibility index (Phi) is 3.50. The molecule has 0 aliphatic carbocycles. The highest BCUT2D eigenvalue weighted by Crippen LogP contribution is 2.32. The van der Waals surface area contributed by atoms with Gasteiger partial charge < -0.3 is 24.9 Å². The van der Waals surface area contributed by atoms with E-state index >= 15 is 0 Å². The van der Waals surface area contributed by atoms with Gasteiger partial charge in [0.25, 0.3) is 0 Å². The molecule has 0 radical (unpaired) electrons. The van der Waals surface area contributed by atoms with E-state index in [0.29, 0.717) is 0 Å². The van der Waals surface area contributed by atoms with Crippen LogP contribution in [-0.4, -0.2) is 37.7 Å². The third-order valence-corrected chi connectivity index (χ3v) is 2.62. The van der Waals surface area contributed by atoms with E-state index in [4.69, 9.17) is 9.63 Å². The van der Waals surface area contributed by atoms with Gasteiger partial charge in [0.2, 0.25) is 0 Å². The molecule has 2 rings (SSSR count). The van der Waals surface area contributed by atoms with E-state index in [1.807, 2.05) is 0 Å². The van der Waals surface area contributed by atoms with Gasteiger partial charge in [-0.1, -0.05) is 11.2 Å². The highest BCUT2D eigenvalue weighted by molar-refractivity contribution is 5.73. The zero-order chi connectivity index (χ0) is 14.0. The monoisotopic (exact) mass is 265 g/mol. The largest absolute Gasteiger partial charge is 0.507 e. The summed E-state index contributed by atoms with van der Waals surface area (Å²) in [6.45, 7) is 0. The fourth-order valence-corrected chi connectivity index (χ4v) is 1.61. The van der Waals surface area contributed by atoms with Crippen LogP contribution in [0.5, 0.6) is 5.75 Å². The summed E-state index contributed by atoms with van der Waals surface area (Å²) in [5.41, 5.74) is 0.380. The molecule has 7 nitrogen and oxygen atoms in total. The smallest absolute Gasteiger partial charge is 0.335 e. The Morgan fingerprint density at radius 3 is 2.58 bits per heavy atom. The average Bonchev–Trinajstić information content (AvgIpc) is 2.91. The van der Waals surface area contributed by atoms with Gasteiger partial charge in [-0.3, -0.25) is 0 Å². The third kappa shape index (κ3) is 2.56. The number of aromatic nitrogens is 1. The predicted octanol–water partition coefficient (Wildman–Crippen LogP) is 0.526. The summed E-state index contributed by atoms with van der Waals surface area (Å²) in [6.07, 6.45) is -2.18. The standard InChI is InChI=1S/C12H11NO6/c14-8-2-1-6(10(15)11(16)12(17)18)5-7(8)9-3-4-13-19-9/h1-5,10-11,14-16H,(H,17,18). The molecule has 2 atom stereocenters. The number of phenols is 1. The summed E-state index contributed by atoms with van der Waals surface area (Å²) in [5, 5.41) is 40.8. The summed E-state index contributed by atoms with van der Waals surface area (Å²) in [7, 11) is 0. The zero-order valence-electron chi connectivity index (χ0n) is 9.59. The first kappa shape index (κ1) is 13.1. The van der Waals surface area contributed by atoms with E-state index in [1.54, 1.807) is 0 Å². The second-order valence-electron chi connectivity index (χ2n) is 3.88. The number of hydrogen-bond donors (Lipinski definition) is 4. The van der Waals surface area contributed by atoms with Crippen molar-refractivity contribution in [2.24, 2.45) is 0 Å². The minimum atomic E-state index is -1.95. The molecule has 0 saturated carbocycles. The van der Waals surface area contributed by atoms with Crippen molar-refractivity contribution < 1.29 is 29.7 Å². The lowest BCUT2D eigenvalue weighted by Crippen LogP contribution is -2.27. The van der Waals surface area contributed by atoms with Crippen molar-refractivity contribution in [2.75, 3.05) is 0 Å². The molecule has 1 aromatic carbocycles. The second-order valence-corrected chi connectivity index (χ2v) is 3.88. The van der Waals surface area contributed by atoms with Gasteiger partial charge in [-0.05, 0) is 17.7 Å². The van der Waals surface area contributed by atoms with Gasteiger partial charge in [-0.2, -0.15) is 0 Å². The lowest BCUT2D eigenvalue weighted by atomic mass is 10.0. The Labute approximate surface area is 107 Å². The minimum absolute atomic E-state index is 0.113. The van der Waals surface area contributed by atoms with E-state index in [-0.39, 0.29) is 22.6 Å². The van der Waals surface area contributed by atoms with Gasteiger partial charge in [0, 0.05) is 6.07 Å². The summed E-state index contributed by atoms with van der Waals surface area (Å²) in [6, 6.07) is 5.41. The van der Waals surface area contributed by atoms with Crippen LogP contribution in [-0.2, 0) is 4.79 Å². The van der Waals surface area contributed by atoms with Crippen molar-refractivity contribution in [3.63, 3.8) is 0 Å². The van der Waals surface area contributed by atoms with E-state index in [0.717, 1.165) is 0 Å². The number of nitrogens with zero attached hydrogens (tertiary/aromatic N) is 1. The lowest BCUT2D eigenvalue weighted by Gasteiger charge is -2.15. The molecule has 19 heavy (non-hydrogen) atoms. The lowest BCUT2D eigenvalue weighted by molar-refractivity contribution is -0.153. The predicted molar refractivity (Wildman–Crippen MR) is 62.2 cm³/mol. The quantitative estimate of drug-likeness (QED) is 0.635. The highest BCUT2D eigenvalue weighted by Gasteiger charge is 2.26. The number of rotatable bonds is 4. The number of phenolic OH excluding ortho intramolecular Hbond substituents is 1. The van der Waals surface area contributed by atoms with Crippen LogP contribution in [0.3, 0.4) is 0 Å². The SMILES string of the molecule is O=C(O)C(O)C(O)c1ccc(O)c(-c2ccno2)c1. The summed E-state index contributed by atoms with van der Waals surface area (Å²) < 4.78 is 4.87. The normalized spacial score (nSPS) is 14.0. The van der Waals surface area contributed by atoms with Crippen LogP contribution in [0, 0.1) is 0 Å². The van der Waals surface area contributed by atoms with Gasteiger partial charge in [0.05, 0.1) is 11.8 Å². The molecule has 2 aromatic rings. The fourth-order valence-electron chi connectivity index (χ4n) is 1.61. The molecule has 7 heteroatoms. The number of carboxylic acids is 1. The van der Waals surface area contributed by atoms with E-state index < -0.39 is 18.2 Å². The number of hydrogen-bond acceptors (Lipinski definition) is 6. The maximum absolute atomic E-state index is 10.6. The molecule has 0 bridgehead atoms. The van der Waals surface area contributed by atoms with Crippen molar-refractivity contribution in [2.45, 2.75) is 12.2 Å². The van der Waals surface area contributed by atoms with Crippen molar-refractivity contribution in [3.05, 3.63) is 36.0 Å². The molecule has 0 amide bonds. The average molecular weight is 265 g/mol. The zero-order valence-corrected chi connectivity index (χ0v) is 9.59. The molecule has 0 fully saturated rings. The maximum atomic E-state index is 10.6. The Bertz CT molecular complexity index is 580. The molecule has 0 saturated heterocycles. The summed E-state index contributed by atoms with van der Waals surface area (Å²) >= 11 is 0. The number of aliphatic carboxylic acids is 1. The molecule has 1 heterocycles. The highest BCUT2D eigenvalue weighted by atomic mass is 16.5. The third-order valence-electron chi connectivity index (χ3n) is 2.62. The molecule has 0 spiro atoms. The van der Waals surface area contributed by atoms with Gasteiger partial charge in [-0.25, -0.2) is 4.79 Å². The maximum Gasteiger partial charge on any atom is 0.335 e. The number of aliphatic hydroxyl groups is 2. The summed E-state index contributed by atoms with van der Waals surface area (Å²) in [5.74, 6) is -1.39. The number of benzene rings is 1. The van der Waals surface area contributed by atoms with Crippen molar-refractivity contribution in [3.8, 4) is 17.1 Å². The number of carbonyl (C=O) groups is 1. The van der Waals surface area contributed by atoms with E-state index in [9.17, 15) is 20.1 Å². The van der Waals surface area contributed by atoms with Crippen LogP contribution in [0.25, 0.3) is 11.3 Å². The van der Waals surface area contributed by atoms with Gasteiger partial charge in [-0.15, -0.1) is 0 Å². The molecule has 1 aromatic heterocycles. The molecule has 0 aliphatic rings. The number of aromatic hydroxyl groups is 1. The molecule has 4 N–H and O–H groups in total. The number of carboxylic acid groups (broad SMARTS) is 1. The van der Waals surface area contributed by atoms with Crippen LogP contribution in [0.4, 0.5) is 0 Å². The first-order valence-electron chi connectivity index (χ1n) is 5.33. The Hall–Kier alpha value is -2.38. The van der Waals surface area contributed by atoms with Gasteiger partial charge in [0.1, 0.15) is 11.9 Å². The Balaban J connectivity index is 2.39.